The second kappa shape index (κ2) is 3.31. The third-order valence-electron chi connectivity index (χ3n) is 2.69. The normalized spacial score (nSPS) is 25.0. The quantitative estimate of drug-likeness (QED) is 0.696. The Morgan fingerprint density at radius 3 is 2.93 bits per heavy atom. The topological polar surface area (TPSA) is 15.6 Å². The molecule has 0 amide bonds. The molecule has 0 radical (unpaired) electrons. The summed E-state index contributed by atoms with van der Waals surface area (Å²) in [6.07, 6.45) is 0. The fourth-order valence-corrected chi connectivity index (χ4v) is 3.23. The summed E-state index contributed by atoms with van der Waals surface area (Å²) in [6.45, 7) is 3.24. The van der Waals surface area contributed by atoms with Gasteiger partial charge in [0, 0.05) is 13.1 Å². The molecule has 1 atom stereocenters. The van der Waals surface area contributed by atoms with Crippen LogP contribution >= 0.6 is 11.8 Å². The Balaban J connectivity index is 1.83. The van der Waals surface area contributed by atoms with Gasteiger partial charge in [-0.1, -0.05) is 42.1 Å². The van der Waals surface area contributed by atoms with E-state index in [9.17, 15) is 0 Å². The van der Waals surface area contributed by atoms with Crippen molar-refractivity contribution in [2.45, 2.75) is 5.25 Å². The van der Waals surface area contributed by atoms with Crippen LogP contribution in [-0.2, 0) is 0 Å². The van der Waals surface area contributed by atoms with Crippen molar-refractivity contribution in [3.05, 3.63) is 35.9 Å². The zero-order valence-corrected chi connectivity index (χ0v) is 8.70. The highest BCUT2D eigenvalue weighted by atomic mass is 32.2. The van der Waals surface area contributed by atoms with Crippen molar-refractivity contribution >= 4 is 16.9 Å². The number of fused-ring (bicyclic) bond motifs is 1. The standard InChI is InChI=1S/C11H12N2S/c1-2-4-9(5-3-1)10-8-13-7-6-12-11(13)14-10/h1-5,10H,6-8H2. The number of aliphatic imine (C=N–C) groups is 1. The van der Waals surface area contributed by atoms with Gasteiger partial charge in [0.15, 0.2) is 5.17 Å². The van der Waals surface area contributed by atoms with Gasteiger partial charge in [-0.25, -0.2) is 0 Å². The number of hydrogen-bond donors (Lipinski definition) is 0. The van der Waals surface area contributed by atoms with Crippen molar-refractivity contribution in [1.29, 1.82) is 0 Å². The third-order valence-corrected chi connectivity index (χ3v) is 4.00. The van der Waals surface area contributed by atoms with E-state index in [0.717, 1.165) is 19.6 Å². The summed E-state index contributed by atoms with van der Waals surface area (Å²) in [4.78, 5) is 6.87. The minimum Gasteiger partial charge on any atom is -0.348 e. The van der Waals surface area contributed by atoms with Crippen LogP contribution in [0.25, 0.3) is 0 Å². The summed E-state index contributed by atoms with van der Waals surface area (Å²) in [7, 11) is 0. The molecule has 2 aliphatic rings. The second-order valence-electron chi connectivity index (χ2n) is 3.63. The van der Waals surface area contributed by atoms with E-state index in [1.54, 1.807) is 0 Å². The van der Waals surface area contributed by atoms with E-state index in [2.05, 4.69) is 40.2 Å². The molecular formula is C11H12N2S. The Labute approximate surface area is 88.0 Å². The van der Waals surface area contributed by atoms with Crippen LogP contribution in [0.1, 0.15) is 10.8 Å². The number of thioether (sulfide) groups is 1. The highest BCUT2D eigenvalue weighted by Gasteiger charge is 2.31. The van der Waals surface area contributed by atoms with Gasteiger partial charge in [0.05, 0.1) is 11.8 Å². The summed E-state index contributed by atoms with van der Waals surface area (Å²) in [5.74, 6) is 0. The SMILES string of the molecule is c1ccc(C2CN3CCN=C3S2)cc1. The van der Waals surface area contributed by atoms with Gasteiger partial charge < -0.3 is 4.90 Å². The van der Waals surface area contributed by atoms with E-state index < -0.39 is 0 Å². The molecule has 0 saturated carbocycles. The summed E-state index contributed by atoms with van der Waals surface area (Å²) in [5, 5.41) is 1.84. The number of rotatable bonds is 1. The smallest absolute Gasteiger partial charge is 0.160 e. The maximum absolute atomic E-state index is 4.48. The molecule has 1 aromatic rings. The molecule has 0 bridgehead atoms. The Hall–Kier alpha value is -0.960. The lowest BCUT2D eigenvalue weighted by Crippen LogP contribution is -2.21. The van der Waals surface area contributed by atoms with Gasteiger partial charge in [-0.3, -0.25) is 4.99 Å². The lowest BCUT2D eigenvalue weighted by atomic mass is 10.1. The molecule has 3 heteroatoms. The number of hydrogen-bond acceptors (Lipinski definition) is 3. The highest BCUT2D eigenvalue weighted by molar-refractivity contribution is 8.14. The Morgan fingerprint density at radius 2 is 2.14 bits per heavy atom. The Bertz CT molecular complexity index is 361. The van der Waals surface area contributed by atoms with Crippen LogP contribution in [0.3, 0.4) is 0 Å². The molecule has 1 unspecified atom stereocenters. The maximum atomic E-state index is 4.48. The highest BCUT2D eigenvalue weighted by Crippen LogP contribution is 2.39. The largest absolute Gasteiger partial charge is 0.348 e. The van der Waals surface area contributed by atoms with Gasteiger partial charge in [0.1, 0.15) is 0 Å². The first-order chi connectivity index (χ1) is 6.93. The van der Waals surface area contributed by atoms with Crippen molar-refractivity contribution in [3.8, 4) is 0 Å². The maximum Gasteiger partial charge on any atom is 0.160 e. The number of nitrogens with zero attached hydrogens (tertiary/aromatic N) is 2. The van der Waals surface area contributed by atoms with E-state index in [4.69, 9.17) is 0 Å². The summed E-state index contributed by atoms with van der Waals surface area (Å²) >= 11 is 1.91. The first-order valence-corrected chi connectivity index (χ1v) is 5.82. The van der Waals surface area contributed by atoms with E-state index in [1.807, 2.05) is 11.8 Å². The summed E-state index contributed by atoms with van der Waals surface area (Å²) < 4.78 is 0. The molecule has 0 aromatic heterocycles. The van der Waals surface area contributed by atoms with Crippen molar-refractivity contribution in [3.63, 3.8) is 0 Å². The van der Waals surface area contributed by atoms with Crippen LogP contribution in [0.2, 0.25) is 0 Å². The van der Waals surface area contributed by atoms with Gasteiger partial charge >= 0.3 is 0 Å². The molecule has 1 saturated heterocycles. The molecule has 0 spiro atoms. The van der Waals surface area contributed by atoms with Crippen LogP contribution in [0.15, 0.2) is 35.3 Å². The molecule has 14 heavy (non-hydrogen) atoms. The fraction of sp³-hybridized carbons (Fsp3) is 0.364. The van der Waals surface area contributed by atoms with Gasteiger partial charge in [0.25, 0.3) is 0 Å². The van der Waals surface area contributed by atoms with E-state index >= 15 is 0 Å². The molecule has 3 rings (SSSR count). The van der Waals surface area contributed by atoms with Crippen LogP contribution in [0, 0.1) is 0 Å². The third kappa shape index (κ3) is 1.32. The number of benzene rings is 1. The van der Waals surface area contributed by atoms with E-state index in [1.165, 1.54) is 10.7 Å². The predicted molar refractivity (Wildman–Crippen MR) is 60.6 cm³/mol. The van der Waals surface area contributed by atoms with Gasteiger partial charge in [-0.15, -0.1) is 0 Å². The lowest BCUT2D eigenvalue weighted by Gasteiger charge is -2.11. The summed E-state index contributed by atoms with van der Waals surface area (Å²) in [5.41, 5.74) is 1.43. The molecule has 1 aromatic carbocycles. The molecule has 2 aliphatic heterocycles. The Morgan fingerprint density at radius 1 is 1.29 bits per heavy atom. The van der Waals surface area contributed by atoms with E-state index in [0.29, 0.717) is 5.25 Å². The molecule has 2 nitrogen and oxygen atoms in total. The van der Waals surface area contributed by atoms with Crippen molar-refractivity contribution in [2.75, 3.05) is 19.6 Å². The molecule has 0 aliphatic carbocycles. The minimum absolute atomic E-state index is 0.593. The monoisotopic (exact) mass is 204 g/mol. The van der Waals surface area contributed by atoms with Gasteiger partial charge in [-0.05, 0) is 5.56 Å². The second-order valence-corrected chi connectivity index (χ2v) is 4.80. The van der Waals surface area contributed by atoms with Crippen LogP contribution in [0.4, 0.5) is 0 Å². The van der Waals surface area contributed by atoms with Gasteiger partial charge in [0.2, 0.25) is 0 Å². The fourth-order valence-electron chi connectivity index (χ4n) is 1.95. The number of amidine groups is 1. The van der Waals surface area contributed by atoms with Crippen molar-refractivity contribution < 1.29 is 0 Å². The molecule has 0 N–H and O–H groups in total. The zero-order chi connectivity index (χ0) is 9.38. The van der Waals surface area contributed by atoms with Crippen LogP contribution < -0.4 is 0 Å². The van der Waals surface area contributed by atoms with Crippen LogP contribution in [-0.4, -0.2) is 29.7 Å². The summed E-state index contributed by atoms with van der Waals surface area (Å²) in [6, 6.07) is 10.7. The predicted octanol–water partition coefficient (Wildman–Crippen LogP) is 2.15. The molecular weight excluding hydrogens is 192 g/mol. The zero-order valence-electron chi connectivity index (χ0n) is 7.89. The van der Waals surface area contributed by atoms with Crippen molar-refractivity contribution in [1.82, 2.24) is 4.90 Å². The van der Waals surface area contributed by atoms with Crippen molar-refractivity contribution in [2.24, 2.45) is 4.99 Å². The molecule has 72 valence electrons. The molecule has 1 fully saturated rings. The first kappa shape index (κ1) is 8.36. The Kier molecular flexibility index (Phi) is 1.98. The molecule has 2 heterocycles. The van der Waals surface area contributed by atoms with E-state index in [-0.39, 0.29) is 0 Å². The minimum atomic E-state index is 0.593. The lowest BCUT2D eigenvalue weighted by molar-refractivity contribution is 0.476. The van der Waals surface area contributed by atoms with Gasteiger partial charge in [-0.2, -0.15) is 0 Å². The average Bonchev–Trinajstić information content (AvgIpc) is 2.78. The van der Waals surface area contributed by atoms with Crippen LogP contribution in [0.5, 0.6) is 0 Å². The average molecular weight is 204 g/mol. The first-order valence-electron chi connectivity index (χ1n) is 4.94.